The van der Waals surface area contributed by atoms with Crippen LogP contribution in [0.15, 0.2) is 30.7 Å². The van der Waals surface area contributed by atoms with Gasteiger partial charge >= 0.3 is 0 Å². The Bertz CT molecular complexity index is 732. The molecule has 1 aliphatic rings. The topological polar surface area (TPSA) is 56.2 Å². The van der Waals surface area contributed by atoms with Crippen molar-refractivity contribution in [3.05, 3.63) is 53.6 Å². The zero-order chi connectivity index (χ0) is 17.1. The average molecular weight is 335 g/mol. The summed E-state index contributed by atoms with van der Waals surface area (Å²) in [6.45, 7) is 0.548. The number of nitrogens with one attached hydrogen (secondary N) is 1. The average Bonchev–Trinajstić information content (AvgIpc) is 2.97. The van der Waals surface area contributed by atoms with Crippen molar-refractivity contribution in [2.75, 3.05) is 6.61 Å². The van der Waals surface area contributed by atoms with Gasteiger partial charge in [0.25, 0.3) is 0 Å². The molecule has 3 rings (SSSR count). The fourth-order valence-electron chi connectivity index (χ4n) is 2.93. The van der Waals surface area contributed by atoms with Crippen LogP contribution < -0.4 is 5.32 Å². The van der Waals surface area contributed by atoms with Gasteiger partial charge in [-0.3, -0.25) is 4.79 Å². The number of ether oxygens (including phenoxy) is 1. The van der Waals surface area contributed by atoms with Crippen molar-refractivity contribution in [3.8, 4) is 0 Å². The molecule has 1 saturated heterocycles. The molecule has 0 unspecified atom stereocenters. The van der Waals surface area contributed by atoms with Crippen molar-refractivity contribution in [3.63, 3.8) is 0 Å². The van der Waals surface area contributed by atoms with Crippen LogP contribution in [0.25, 0.3) is 0 Å². The van der Waals surface area contributed by atoms with E-state index in [9.17, 15) is 13.6 Å². The van der Waals surface area contributed by atoms with Crippen LogP contribution in [-0.4, -0.2) is 28.1 Å². The highest BCUT2D eigenvalue weighted by Crippen LogP contribution is 2.27. The Morgan fingerprint density at radius 2 is 2.25 bits per heavy atom. The predicted octanol–water partition coefficient (Wildman–Crippen LogP) is 2.28. The molecule has 0 spiro atoms. The lowest BCUT2D eigenvalue weighted by molar-refractivity contribution is -0.122. The maximum absolute atomic E-state index is 13.2. The van der Waals surface area contributed by atoms with Crippen LogP contribution in [-0.2, 0) is 23.0 Å². The molecule has 0 bridgehead atoms. The highest BCUT2D eigenvalue weighted by atomic mass is 19.2. The SMILES string of the molecule is Cn1cncc1[C@H]1C[C@H](NC(=O)Cc2ccc(F)c(F)c2)CCO1. The first kappa shape index (κ1) is 16.6. The number of hydrogen-bond acceptors (Lipinski definition) is 3. The molecule has 24 heavy (non-hydrogen) atoms. The molecule has 1 amide bonds. The molecule has 1 N–H and O–H groups in total. The number of aryl methyl sites for hydroxylation is 1. The van der Waals surface area contributed by atoms with E-state index in [-0.39, 0.29) is 24.5 Å². The summed E-state index contributed by atoms with van der Waals surface area (Å²) in [6, 6.07) is 3.49. The van der Waals surface area contributed by atoms with E-state index in [2.05, 4.69) is 10.3 Å². The van der Waals surface area contributed by atoms with Gasteiger partial charge in [-0.2, -0.15) is 0 Å². The number of hydrogen-bond donors (Lipinski definition) is 1. The second kappa shape index (κ2) is 7.09. The van der Waals surface area contributed by atoms with E-state index >= 15 is 0 Å². The molecule has 0 radical (unpaired) electrons. The molecule has 0 saturated carbocycles. The predicted molar refractivity (Wildman–Crippen MR) is 83.1 cm³/mol. The second-order valence-electron chi connectivity index (χ2n) is 6.00. The quantitative estimate of drug-likeness (QED) is 0.933. The van der Waals surface area contributed by atoms with Crippen molar-refractivity contribution < 1.29 is 18.3 Å². The number of carbonyl (C=O) groups is 1. The van der Waals surface area contributed by atoms with Crippen molar-refractivity contribution in [1.29, 1.82) is 0 Å². The van der Waals surface area contributed by atoms with Crippen LogP contribution in [0.3, 0.4) is 0 Å². The molecular formula is C17H19F2N3O2. The van der Waals surface area contributed by atoms with Gasteiger partial charge < -0.3 is 14.6 Å². The van der Waals surface area contributed by atoms with Gasteiger partial charge in [0.15, 0.2) is 11.6 Å². The van der Waals surface area contributed by atoms with Gasteiger partial charge in [-0.25, -0.2) is 13.8 Å². The molecule has 1 aliphatic heterocycles. The van der Waals surface area contributed by atoms with Gasteiger partial charge in [0.1, 0.15) is 6.10 Å². The molecule has 2 atom stereocenters. The summed E-state index contributed by atoms with van der Waals surface area (Å²) in [6.07, 6.45) is 4.76. The van der Waals surface area contributed by atoms with Crippen LogP contribution in [0.1, 0.15) is 30.2 Å². The van der Waals surface area contributed by atoms with Crippen molar-refractivity contribution >= 4 is 5.91 Å². The normalized spacial score (nSPS) is 20.8. The first-order valence-corrected chi connectivity index (χ1v) is 7.84. The lowest BCUT2D eigenvalue weighted by Crippen LogP contribution is -2.40. The maximum Gasteiger partial charge on any atom is 0.224 e. The van der Waals surface area contributed by atoms with E-state index in [0.717, 1.165) is 24.2 Å². The van der Waals surface area contributed by atoms with Gasteiger partial charge in [-0.15, -0.1) is 0 Å². The largest absolute Gasteiger partial charge is 0.372 e. The molecule has 1 fully saturated rings. The van der Waals surface area contributed by atoms with Gasteiger partial charge in [-0.1, -0.05) is 6.07 Å². The summed E-state index contributed by atoms with van der Waals surface area (Å²) in [5.41, 5.74) is 1.41. The molecule has 7 heteroatoms. The van der Waals surface area contributed by atoms with Gasteiger partial charge in [-0.05, 0) is 30.5 Å². The van der Waals surface area contributed by atoms with Crippen LogP contribution in [0.2, 0.25) is 0 Å². The van der Waals surface area contributed by atoms with E-state index in [1.54, 1.807) is 12.5 Å². The lowest BCUT2D eigenvalue weighted by Gasteiger charge is -2.30. The number of amides is 1. The lowest BCUT2D eigenvalue weighted by atomic mass is 10.0. The number of nitrogens with zero attached hydrogens (tertiary/aromatic N) is 2. The van der Waals surface area contributed by atoms with Gasteiger partial charge in [0.2, 0.25) is 5.91 Å². The third kappa shape index (κ3) is 3.79. The first-order valence-electron chi connectivity index (χ1n) is 7.84. The van der Waals surface area contributed by atoms with Crippen LogP contribution >= 0.6 is 0 Å². The molecule has 2 aromatic rings. The number of aromatic nitrogens is 2. The zero-order valence-electron chi connectivity index (χ0n) is 13.3. The maximum atomic E-state index is 13.2. The Morgan fingerprint density at radius 1 is 1.42 bits per heavy atom. The van der Waals surface area contributed by atoms with E-state index < -0.39 is 11.6 Å². The number of imidazole rings is 1. The fourth-order valence-corrected chi connectivity index (χ4v) is 2.93. The minimum atomic E-state index is -0.942. The fraction of sp³-hybridized carbons (Fsp3) is 0.412. The molecule has 0 aliphatic carbocycles. The third-order valence-corrected chi connectivity index (χ3v) is 4.18. The molecular weight excluding hydrogens is 316 g/mol. The van der Waals surface area contributed by atoms with Crippen molar-refractivity contribution in [1.82, 2.24) is 14.9 Å². The number of rotatable bonds is 4. The molecule has 1 aromatic heterocycles. The Labute approximate surface area is 138 Å². The monoisotopic (exact) mass is 335 g/mol. The Hall–Kier alpha value is -2.28. The number of benzene rings is 1. The first-order chi connectivity index (χ1) is 11.5. The summed E-state index contributed by atoms with van der Waals surface area (Å²) in [5.74, 6) is -2.07. The Kier molecular flexibility index (Phi) is 4.89. The van der Waals surface area contributed by atoms with E-state index in [4.69, 9.17) is 4.74 Å². The summed E-state index contributed by atoms with van der Waals surface area (Å²) in [4.78, 5) is 16.2. The highest BCUT2D eigenvalue weighted by Gasteiger charge is 2.26. The van der Waals surface area contributed by atoms with Crippen molar-refractivity contribution in [2.45, 2.75) is 31.4 Å². The summed E-state index contributed by atoms with van der Waals surface area (Å²) >= 11 is 0. The molecule has 5 nitrogen and oxygen atoms in total. The standard InChI is InChI=1S/C17H19F2N3O2/c1-22-10-20-9-15(22)16-8-12(4-5-24-16)21-17(23)7-11-2-3-13(18)14(19)6-11/h2-3,6,9-10,12,16H,4-5,7-8H2,1H3,(H,21,23)/t12-,16-/m1/s1. The van der Waals surface area contributed by atoms with Crippen LogP contribution in [0, 0.1) is 11.6 Å². The van der Waals surface area contributed by atoms with E-state index in [0.29, 0.717) is 18.6 Å². The second-order valence-corrected chi connectivity index (χ2v) is 6.00. The molecule has 1 aromatic carbocycles. The summed E-state index contributed by atoms with van der Waals surface area (Å²) in [7, 11) is 1.90. The Morgan fingerprint density at radius 3 is 2.96 bits per heavy atom. The minimum Gasteiger partial charge on any atom is -0.372 e. The smallest absolute Gasteiger partial charge is 0.224 e. The van der Waals surface area contributed by atoms with Crippen LogP contribution in [0.4, 0.5) is 8.78 Å². The zero-order valence-corrected chi connectivity index (χ0v) is 13.3. The van der Waals surface area contributed by atoms with E-state index in [1.165, 1.54) is 6.07 Å². The summed E-state index contributed by atoms with van der Waals surface area (Å²) in [5, 5.41) is 2.95. The third-order valence-electron chi connectivity index (χ3n) is 4.18. The van der Waals surface area contributed by atoms with Crippen LogP contribution in [0.5, 0.6) is 0 Å². The van der Waals surface area contributed by atoms with Gasteiger partial charge in [0, 0.05) is 19.7 Å². The van der Waals surface area contributed by atoms with E-state index in [1.807, 2.05) is 11.6 Å². The number of carbonyl (C=O) groups excluding carboxylic acids is 1. The summed E-state index contributed by atoms with van der Waals surface area (Å²) < 4.78 is 33.8. The van der Waals surface area contributed by atoms with Crippen molar-refractivity contribution in [2.24, 2.45) is 7.05 Å². The minimum absolute atomic E-state index is 0.0172. The number of halogens is 2. The molecule has 2 heterocycles. The molecule has 128 valence electrons. The Balaban J connectivity index is 1.58. The highest BCUT2D eigenvalue weighted by molar-refractivity contribution is 5.78. The van der Waals surface area contributed by atoms with Gasteiger partial charge in [0.05, 0.1) is 24.6 Å².